The molecule has 0 radical (unpaired) electrons. The molecule has 0 atom stereocenters. The van der Waals surface area contributed by atoms with Crippen LogP contribution in [0, 0.1) is 18.5 Å². The smallest absolute Gasteiger partial charge is 0.141 e. The van der Waals surface area contributed by atoms with Gasteiger partial charge in [-0.15, -0.1) is 0 Å². The molecule has 1 N–H and O–H groups in total. The minimum absolute atomic E-state index is 0.407. The molecule has 1 aromatic carbocycles. The van der Waals surface area contributed by atoms with Crippen molar-refractivity contribution >= 4 is 40.3 Å². The summed E-state index contributed by atoms with van der Waals surface area (Å²) in [5.41, 5.74) is 3.93. The van der Waals surface area contributed by atoms with Crippen molar-refractivity contribution in [2.45, 2.75) is 45.6 Å². The topological polar surface area (TPSA) is 46.5 Å². The zero-order chi connectivity index (χ0) is 17.6. The van der Waals surface area contributed by atoms with Crippen LogP contribution in [0.5, 0.6) is 0 Å². The minimum atomic E-state index is 0.407. The lowest BCUT2D eigenvalue weighted by Crippen LogP contribution is -2.09. The second-order valence-electron chi connectivity index (χ2n) is 6.78. The van der Waals surface area contributed by atoms with E-state index in [-0.39, 0.29) is 0 Å². The highest BCUT2D eigenvalue weighted by Crippen LogP contribution is 2.33. The Labute approximate surface area is 157 Å². The van der Waals surface area contributed by atoms with Crippen LogP contribution in [0.3, 0.4) is 0 Å². The molecule has 4 nitrogen and oxygen atoms in total. The van der Waals surface area contributed by atoms with Crippen molar-refractivity contribution in [3.05, 3.63) is 51.6 Å². The molecule has 6 heteroatoms. The fourth-order valence-electron chi connectivity index (χ4n) is 3.58. The van der Waals surface area contributed by atoms with Gasteiger partial charge in [-0.05, 0) is 32.3 Å². The Morgan fingerprint density at radius 1 is 1.16 bits per heavy atom. The van der Waals surface area contributed by atoms with Gasteiger partial charge in [0.1, 0.15) is 21.8 Å². The van der Waals surface area contributed by atoms with E-state index in [1.807, 2.05) is 19.1 Å². The number of nitrogens with zero attached hydrogens (tertiary/aromatic N) is 3. The fourth-order valence-corrected chi connectivity index (χ4v) is 4.19. The number of aromatic amines is 1. The van der Waals surface area contributed by atoms with Crippen LogP contribution < -0.4 is 0 Å². The van der Waals surface area contributed by atoms with Gasteiger partial charge >= 0.3 is 0 Å². The molecule has 1 aliphatic carbocycles. The molecule has 3 aromatic rings. The molecule has 0 bridgehead atoms. The average Bonchev–Trinajstić information content (AvgIpc) is 3.22. The average molecular weight is 369 g/mol. The Morgan fingerprint density at radius 2 is 1.84 bits per heavy atom. The first-order valence-corrected chi connectivity index (χ1v) is 9.47. The largest absolute Gasteiger partial charge is 0.328 e. The third-order valence-electron chi connectivity index (χ3n) is 4.89. The molecule has 0 unspecified atom stereocenters. The number of nitrogens with one attached hydrogen (secondary N) is 1. The first-order valence-electron chi connectivity index (χ1n) is 8.65. The molecule has 1 saturated carbocycles. The Hall–Kier alpha value is -1.92. The van der Waals surface area contributed by atoms with Crippen LogP contribution in [0.15, 0.2) is 24.3 Å². The predicted molar refractivity (Wildman–Crippen MR) is 107 cm³/mol. The number of H-pyrrole nitrogens is 1. The van der Waals surface area contributed by atoms with E-state index in [2.05, 4.69) is 33.7 Å². The lowest BCUT2D eigenvalue weighted by Gasteiger charge is -2.11. The number of hydrogen-bond acceptors (Lipinski definition) is 4. The Balaban J connectivity index is 1.92. The molecule has 25 heavy (non-hydrogen) atoms. The summed E-state index contributed by atoms with van der Waals surface area (Å²) in [6, 6.07) is 8.64. The van der Waals surface area contributed by atoms with E-state index in [1.54, 1.807) is 0 Å². The summed E-state index contributed by atoms with van der Waals surface area (Å²) in [6.45, 7) is 4.00. The SMILES string of the molecule is Cc1ccc(C(=S)c2nn(C3CCCC3)c3[nH]c(C)nc(=S)c23)cc1. The third kappa shape index (κ3) is 2.93. The van der Waals surface area contributed by atoms with Crippen molar-refractivity contribution in [3.63, 3.8) is 0 Å². The van der Waals surface area contributed by atoms with Crippen molar-refractivity contribution in [3.8, 4) is 0 Å². The predicted octanol–water partition coefficient (Wildman–Crippen LogP) is 4.99. The normalized spacial score (nSPS) is 15.1. The van der Waals surface area contributed by atoms with Crippen LogP contribution in [0.4, 0.5) is 0 Å². The number of fused-ring (bicyclic) bond motifs is 1. The van der Waals surface area contributed by atoms with Gasteiger partial charge in [0.15, 0.2) is 0 Å². The quantitative estimate of drug-likeness (QED) is 0.523. The van der Waals surface area contributed by atoms with Crippen LogP contribution in [0.2, 0.25) is 0 Å². The van der Waals surface area contributed by atoms with Crippen LogP contribution >= 0.6 is 24.4 Å². The van der Waals surface area contributed by atoms with Gasteiger partial charge in [-0.25, -0.2) is 9.67 Å². The summed E-state index contributed by atoms with van der Waals surface area (Å²) in [5, 5.41) is 5.78. The number of benzene rings is 1. The third-order valence-corrected chi connectivity index (χ3v) is 5.62. The lowest BCUT2D eigenvalue weighted by atomic mass is 10.1. The summed E-state index contributed by atoms with van der Waals surface area (Å²) >= 11 is 11.3. The van der Waals surface area contributed by atoms with Crippen LogP contribution in [0.1, 0.15) is 54.4 Å². The van der Waals surface area contributed by atoms with Gasteiger partial charge in [0.2, 0.25) is 0 Å². The highest BCUT2D eigenvalue weighted by molar-refractivity contribution is 7.81. The van der Waals surface area contributed by atoms with Crippen LogP contribution in [-0.4, -0.2) is 24.6 Å². The molecule has 2 aromatic heterocycles. The van der Waals surface area contributed by atoms with Crippen LogP contribution in [0.25, 0.3) is 11.0 Å². The van der Waals surface area contributed by atoms with E-state index in [1.165, 1.54) is 18.4 Å². The number of rotatable bonds is 3. The molecule has 4 rings (SSSR count). The molecule has 0 spiro atoms. The van der Waals surface area contributed by atoms with Gasteiger partial charge in [-0.3, -0.25) is 0 Å². The number of aromatic nitrogens is 4. The molecular formula is C19H20N4S2. The second-order valence-corrected chi connectivity index (χ2v) is 7.57. The van der Waals surface area contributed by atoms with Gasteiger partial charge in [-0.1, -0.05) is 67.1 Å². The van der Waals surface area contributed by atoms with Crippen molar-refractivity contribution < 1.29 is 0 Å². The number of hydrogen-bond donors (Lipinski definition) is 1. The van der Waals surface area contributed by atoms with Crippen LogP contribution in [-0.2, 0) is 0 Å². The standard InChI is InChI=1S/C19H20N4S2/c1-11-7-9-13(10-8-11)17(24)16-15-18(20-12(2)21-19(15)25)23(22-16)14-5-3-4-6-14/h7-10,14H,3-6H2,1-2H3,(H,20,21,25). The minimum Gasteiger partial charge on any atom is -0.328 e. The van der Waals surface area contributed by atoms with Gasteiger partial charge in [0.25, 0.3) is 0 Å². The highest BCUT2D eigenvalue weighted by atomic mass is 32.1. The Bertz CT molecular complexity index is 1010. The van der Waals surface area contributed by atoms with Gasteiger partial charge in [0, 0.05) is 0 Å². The van der Waals surface area contributed by atoms with E-state index in [9.17, 15) is 0 Å². The van der Waals surface area contributed by atoms with Gasteiger partial charge in [0.05, 0.1) is 16.3 Å². The molecule has 1 fully saturated rings. The zero-order valence-corrected chi connectivity index (χ0v) is 16.0. The highest BCUT2D eigenvalue weighted by Gasteiger charge is 2.25. The molecule has 0 aliphatic heterocycles. The fraction of sp³-hybridized carbons (Fsp3) is 0.368. The summed E-state index contributed by atoms with van der Waals surface area (Å²) in [6.07, 6.45) is 4.79. The molecule has 0 amide bonds. The first kappa shape index (κ1) is 16.5. The number of aryl methyl sites for hydroxylation is 2. The van der Waals surface area contributed by atoms with E-state index in [0.29, 0.717) is 10.7 Å². The molecular weight excluding hydrogens is 348 g/mol. The summed E-state index contributed by atoms with van der Waals surface area (Å²) < 4.78 is 2.67. The van der Waals surface area contributed by atoms with Gasteiger partial charge < -0.3 is 4.98 Å². The van der Waals surface area contributed by atoms with Gasteiger partial charge in [-0.2, -0.15) is 5.10 Å². The van der Waals surface area contributed by atoms with Crippen molar-refractivity contribution in [2.24, 2.45) is 0 Å². The van der Waals surface area contributed by atoms with E-state index >= 15 is 0 Å². The van der Waals surface area contributed by atoms with E-state index in [4.69, 9.17) is 29.5 Å². The van der Waals surface area contributed by atoms with Crippen molar-refractivity contribution in [2.75, 3.05) is 0 Å². The zero-order valence-electron chi connectivity index (χ0n) is 14.4. The molecule has 128 valence electrons. The Morgan fingerprint density at radius 3 is 2.52 bits per heavy atom. The number of thiocarbonyl (C=S) groups is 1. The maximum Gasteiger partial charge on any atom is 0.141 e. The molecule has 1 aliphatic rings. The maximum absolute atomic E-state index is 5.77. The summed E-state index contributed by atoms with van der Waals surface area (Å²) in [4.78, 5) is 8.54. The first-order chi connectivity index (χ1) is 12.0. The second kappa shape index (κ2) is 6.42. The van der Waals surface area contributed by atoms with Crippen molar-refractivity contribution in [1.29, 1.82) is 0 Å². The Kier molecular flexibility index (Phi) is 4.25. The maximum atomic E-state index is 5.77. The summed E-state index contributed by atoms with van der Waals surface area (Å²) in [7, 11) is 0. The van der Waals surface area contributed by atoms with Crippen molar-refractivity contribution in [1.82, 2.24) is 19.7 Å². The lowest BCUT2D eigenvalue weighted by molar-refractivity contribution is 0.477. The van der Waals surface area contributed by atoms with E-state index in [0.717, 1.165) is 45.8 Å². The monoisotopic (exact) mass is 368 g/mol. The summed E-state index contributed by atoms with van der Waals surface area (Å²) in [5.74, 6) is 0.810. The molecule has 0 saturated heterocycles. The van der Waals surface area contributed by atoms with E-state index < -0.39 is 0 Å². The molecule has 2 heterocycles.